The molecule has 0 aliphatic carbocycles. The molecule has 0 fully saturated rings. The molecule has 1 heterocycles. The van der Waals surface area contributed by atoms with E-state index in [-0.39, 0.29) is 5.91 Å². The van der Waals surface area contributed by atoms with Gasteiger partial charge >= 0.3 is 0 Å². The molecule has 0 bridgehead atoms. The summed E-state index contributed by atoms with van der Waals surface area (Å²) in [6, 6.07) is 24.4. The van der Waals surface area contributed by atoms with Crippen molar-refractivity contribution < 1.29 is 9.21 Å². The molecule has 6 heteroatoms. The highest BCUT2D eigenvalue weighted by molar-refractivity contribution is 9.10. The monoisotopic (exact) mass is 476 g/mol. The summed E-state index contributed by atoms with van der Waals surface area (Å²) in [5.74, 6) is 0.244. The number of aromatic nitrogens is 1. The summed E-state index contributed by atoms with van der Waals surface area (Å²) in [7, 11) is 0. The number of rotatable bonds is 3. The highest BCUT2D eigenvalue weighted by Gasteiger charge is 2.14. The standard InChI is InChI=1S/C24H14BrClN2O2/c25-17-7-9-20(26)19(12-17)24-28-21-13-18(8-10-22(21)30-24)27-23(29)16-6-5-14-3-1-2-4-15(14)11-16/h1-13H,(H,27,29). The maximum atomic E-state index is 12.7. The van der Waals surface area contributed by atoms with Crippen molar-refractivity contribution in [2.45, 2.75) is 0 Å². The molecule has 5 aromatic rings. The fourth-order valence-electron chi connectivity index (χ4n) is 3.32. The van der Waals surface area contributed by atoms with E-state index in [1.165, 1.54) is 0 Å². The molecule has 1 amide bonds. The molecule has 0 spiro atoms. The van der Waals surface area contributed by atoms with Gasteiger partial charge in [-0.1, -0.05) is 57.9 Å². The first-order valence-electron chi connectivity index (χ1n) is 9.23. The number of hydrogen-bond donors (Lipinski definition) is 1. The Balaban J connectivity index is 1.44. The summed E-state index contributed by atoms with van der Waals surface area (Å²) in [4.78, 5) is 17.3. The number of halogens is 2. The maximum Gasteiger partial charge on any atom is 0.255 e. The van der Waals surface area contributed by atoms with Crippen LogP contribution in [0.3, 0.4) is 0 Å². The molecule has 4 nitrogen and oxygen atoms in total. The van der Waals surface area contributed by atoms with Crippen LogP contribution >= 0.6 is 27.5 Å². The lowest BCUT2D eigenvalue weighted by Crippen LogP contribution is -2.11. The van der Waals surface area contributed by atoms with Crippen molar-refractivity contribution in [3.8, 4) is 11.5 Å². The average Bonchev–Trinajstić information content (AvgIpc) is 3.18. The van der Waals surface area contributed by atoms with E-state index in [4.69, 9.17) is 16.0 Å². The van der Waals surface area contributed by atoms with Crippen LogP contribution < -0.4 is 5.32 Å². The number of oxazole rings is 1. The topological polar surface area (TPSA) is 55.1 Å². The van der Waals surface area contributed by atoms with Crippen molar-refractivity contribution in [1.29, 1.82) is 0 Å². The molecule has 5 rings (SSSR count). The van der Waals surface area contributed by atoms with Gasteiger partial charge in [0, 0.05) is 15.7 Å². The molecule has 0 aliphatic heterocycles. The smallest absolute Gasteiger partial charge is 0.255 e. The summed E-state index contributed by atoms with van der Waals surface area (Å²) in [6.07, 6.45) is 0. The number of amides is 1. The van der Waals surface area contributed by atoms with E-state index in [1.54, 1.807) is 24.3 Å². The Hall–Kier alpha value is -3.15. The minimum Gasteiger partial charge on any atom is -0.436 e. The Morgan fingerprint density at radius 2 is 1.77 bits per heavy atom. The number of anilines is 1. The molecule has 0 unspecified atom stereocenters. The number of carbonyl (C=O) groups is 1. The predicted octanol–water partition coefficient (Wildman–Crippen LogP) is 7.32. The van der Waals surface area contributed by atoms with Crippen LogP contribution in [0.1, 0.15) is 10.4 Å². The van der Waals surface area contributed by atoms with Crippen molar-refractivity contribution in [2.24, 2.45) is 0 Å². The third kappa shape index (κ3) is 3.58. The predicted molar refractivity (Wildman–Crippen MR) is 124 cm³/mol. The Bertz CT molecular complexity index is 1430. The van der Waals surface area contributed by atoms with Crippen molar-refractivity contribution >= 4 is 61.0 Å². The Morgan fingerprint density at radius 1 is 0.933 bits per heavy atom. The molecule has 1 N–H and O–H groups in total. The summed E-state index contributed by atoms with van der Waals surface area (Å²) < 4.78 is 6.74. The van der Waals surface area contributed by atoms with Gasteiger partial charge in [-0.25, -0.2) is 4.98 Å². The van der Waals surface area contributed by atoms with Crippen LogP contribution in [0.4, 0.5) is 5.69 Å². The van der Waals surface area contributed by atoms with Gasteiger partial charge in [0.15, 0.2) is 5.58 Å². The highest BCUT2D eigenvalue weighted by Crippen LogP contribution is 2.33. The molecule has 0 radical (unpaired) electrons. The van der Waals surface area contributed by atoms with Crippen LogP contribution in [0.15, 0.2) is 87.8 Å². The van der Waals surface area contributed by atoms with E-state index in [0.717, 1.165) is 15.2 Å². The van der Waals surface area contributed by atoms with E-state index in [0.29, 0.717) is 38.8 Å². The van der Waals surface area contributed by atoms with Gasteiger partial charge in [0.25, 0.3) is 5.91 Å². The van der Waals surface area contributed by atoms with Crippen molar-refractivity contribution in [3.63, 3.8) is 0 Å². The van der Waals surface area contributed by atoms with Crippen molar-refractivity contribution in [1.82, 2.24) is 4.98 Å². The lowest BCUT2D eigenvalue weighted by Gasteiger charge is -2.06. The lowest BCUT2D eigenvalue weighted by atomic mass is 10.1. The van der Waals surface area contributed by atoms with Crippen LogP contribution in [0.2, 0.25) is 5.02 Å². The number of carbonyl (C=O) groups excluding carboxylic acids is 1. The van der Waals surface area contributed by atoms with E-state index < -0.39 is 0 Å². The quantitative estimate of drug-likeness (QED) is 0.296. The zero-order valence-electron chi connectivity index (χ0n) is 15.5. The van der Waals surface area contributed by atoms with E-state index in [2.05, 4.69) is 26.2 Å². The summed E-state index contributed by atoms with van der Waals surface area (Å²) >= 11 is 9.73. The van der Waals surface area contributed by atoms with Gasteiger partial charge in [-0.3, -0.25) is 4.79 Å². The van der Waals surface area contributed by atoms with Crippen LogP contribution in [0.5, 0.6) is 0 Å². The Morgan fingerprint density at radius 3 is 2.63 bits per heavy atom. The van der Waals surface area contributed by atoms with Crippen molar-refractivity contribution in [3.05, 3.63) is 93.9 Å². The molecule has 146 valence electrons. The third-order valence-electron chi connectivity index (χ3n) is 4.82. The first-order chi connectivity index (χ1) is 14.6. The van der Waals surface area contributed by atoms with E-state index >= 15 is 0 Å². The van der Waals surface area contributed by atoms with Crippen LogP contribution in [0.25, 0.3) is 33.3 Å². The first kappa shape index (κ1) is 18.9. The van der Waals surface area contributed by atoms with Crippen molar-refractivity contribution in [2.75, 3.05) is 5.32 Å². The average molecular weight is 478 g/mol. The van der Waals surface area contributed by atoms with Gasteiger partial charge in [-0.2, -0.15) is 0 Å². The largest absolute Gasteiger partial charge is 0.436 e. The Kier molecular flexibility index (Phi) is 4.77. The SMILES string of the molecule is O=C(Nc1ccc2oc(-c3cc(Br)ccc3Cl)nc2c1)c1ccc2ccccc2c1. The van der Waals surface area contributed by atoms with Gasteiger partial charge in [-0.05, 0) is 59.3 Å². The van der Waals surface area contributed by atoms with E-state index in [9.17, 15) is 4.79 Å². The zero-order chi connectivity index (χ0) is 20.7. The van der Waals surface area contributed by atoms with Gasteiger partial charge in [-0.15, -0.1) is 0 Å². The minimum atomic E-state index is -0.182. The first-order valence-corrected chi connectivity index (χ1v) is 10.4. The molecular formula is C24H14BrClN2O2. The van der Waals surface area contributed by atoms with Gasteiger partial charge in [0.1, 0.15) is 5.52 Å². The number of nitrogens with one attached hydrogen (secondary N) is 1. The molecule has 0 saturated carbocycles. The van der Waals surface area contributed by atoms with Crippen LogP contribution in [-0.2, 0) is 0 Å². The molecule has 1 aromatic heterocycles. The maximum absolute atomic E-state index is 12.7. The molecule has 4 aromatic carbocycles. The third-order valence-corrected chi connectivity index (χ3v) is 5.64. The van der Waals surface area contributed by atoms with Crippen LogP contribution in [-0.4, -0.2) is 10.9 Å². The molecular weight excluding hydrogens is 464 g/mol. The normalized spacial score (nSPS) is 11.1. The summed E-state index contributed by atoms with van der Waals surface area (Å²) in [5, 5.41) is 5.60. The Labute approximate surface area is 185 Å². The lowest BCUT2D eigenvalue weighted by molar-refractivity contribution is 0.102. The summed E-state index contributed by atoms with van der Waals surface area (Å²) in [5.41, 5.74) is 3.18. The fraction of sp³-hybridized carbons (Fsp3) is 0. The summed E-state index contributed by atoms with van der Waals surface area (Å²) in [6.45, 7) is 0. The van der Waals surface area contributed by atoms with Gasteiger partial charge < -0.3 is 9.73 Å². The molecule has 0 saturated heterocycles. The van der Waals surface area contributed by atoms with Gasteiger partial charge in [0.05, 0.1) is 10.6 Å². The second kappa shape index (κ2) is 7.59. The second-order valence-electron chi connectivity index (χ2n) is 6.84. The van der Waals surface area contributed by atoms with Crippen LogP contribution in [0, 0.1) is 0 Å². The van der Waals surface area contributed by atoms with E-state index in [1.807, 2.05) is 54.6 Å². The number of fused-ring (bicyclic) bond motifs is 2. The second-order valence-corrected chi connectivity index (χ2v) is 8.16. The molecule has 30 heavy (non-hydrogen) atoms. The van der Waals surface area contributed by atoms with Gasteiger partial charge in [0.2, 0.25) is 5.89 Å². The minimum absolute atomic E-state index is 0.182. The fourth-order valence-corrected chi connectivity index (χ4v) is 3.88. The highest BCUT2D eigenvalue weighted by atomic mass is 79.9. The number of benzene rings is 4. The number of nitrogens with zero attached hydrogens (tertiary/aromatic N) is 1. The molecule has 0 atom stereocenters. The number of hydrogen-bond acceptors (Lipinski definition) is 3. The molecule has 0 aliphatic rings. The zero-order valence-corrected chi connectivity index (χ0v) is 17.9.